The Morgan fingerprint density at radius 1 is 0.882 bits per heavy atom. The second-order valence-electron chi connectivity index (χ2n) is 3.98. The summed E-state index contributed by atoms with van der Waals surface area (Å²) in [4.78, 5) is 0. The van der Waals surface area contributed by atoms with Crippen molar-refractivity contribution in [1.29, 1.82) is 0 Å². The molecule has 2 rings (SSSR count). The third-order valence-electron chi connectivity index (χ3n) is 2.62. The van der Waals surface area contributed by atoms with Crippen molar-refractivity contribution in [2.24, 2.45) is 0 Å². The molecule has 0 N–H and O–H groups in total. The molecule has 0 saturated heterocycles. The van der Waals surface area contributed by atoms with Crippen LogP contribution >= 0.6 is 11.6 Å². The first-order valence-electron chi connectivity index (χ1n) is 5.80. The van der Waals surface area contributed by atoms with Gasteiger partial charge in [-0.25, -0.2) is 0 Å². The summed E-state index contributed by atoms with van der Waals surface area (Å²) in [5.41, 5.74) is 2.58. The summed E-state index contributed by atoms with van der Waals surface area (Å²) in [5, 5.41) is 0.800. The molecule has 0 heterocycles. The molecule has 0 radical (unpaired) electrons. The topological polar surface area (TPSA) is 0 Å². The fourth-order valence-corrected chi connectivity index (χ4v) is 1.81. The van der Waals surface area contributed by atoms with E-state index < -0.39 is 0 Å². The molecule has 0 fully saturated rings. The van der Waals surface area contributed by atoms with Crippen LogP contribution in [0.15, 0.2) is 60.7 Å². The number of hydrogen-bond donors (Lipinski definition) is 0. The van der Waals surface area contributed by atoms with Gasteiger partial charge in [-0.1, -0.05) is 66.2 Å². The summed E-state index contributed by atoms with van der Waals surface area (Å²) in [6, 6.07) is 18.4. The van der Waals surface area contributed by atoms with Crippen LogP contribution in [0.3, 0.4) is 0 Å². The molecule has 0 aliphatic heterocycles. The Morgan fingerprint density at radius 2 is 1.59 bits per heavy atom. The van der Waals surface area contributed by atoms with Gasteiger partial charge in [-0.2, -0.15) is 0 Å². The zero-order valence-corrected chi connectivity index (χ0v) is 10.4. The van der Waals surface area contributed by atoms with Gasteiger partial charge in [0.05, 0.1) is 0 Å². The maximum atomic E-state index is 5.84. The van der Waals surface area contributed by atoms with Gasteiger partial charge in [0, 0.05) is 5.02 Å². The monoisotopic (exact) mass is 242 g/mol. The fraction of sp³-hybridized carbons (Fsp3) is 0.125. The van der Waals surface area contributed by atoms with E-state index in [0.29, 0.717) is 0 Å². The molecule has 0 aliphatic rings. The van der Waals surface area contributed by atoms with E-state index in [0.717, 1.165) is 17.9 Å². The molecule has 2 aromatic carbocycles. The lowest BCUT2D eigenvalue weighted by molar-refractivity contribution is 1.01. The van der Waals surface area contributed by atoms with Gasteiger partial charge in [0.1, 0.15) is 0 Å². The van der Waals surface area contributed by atoms with Crippen LogP contribution in [0, 0.1) is 0 Å². The van der Waals surface area contributed by atoms with Crippen LogP contribution in [0.1, 0.15) is 17.5 Å². The summed E-state index contributed by atoms with van der Waals surface area (Å²) in [5.74, 6) is 0. The molecule has 0 aliphatic carbocycles. The summed E-state index contributed by atoms with van der Waals surface area (Å²) < 4.78 is 0. The largest absolute Gasteiger partial charge is 0.0843 e. The van der Waals surface area contributed by atoms with Crippen molar-refractivity contribution >= 4 is 17.7 Å². The number of hydrogen-bond acceptors (Lipinski definition) is 0. The molecule has 0 unspecified atom stereocenters. The molecule has 0 nitrogen and oxygen atoms in total. The summed E-state index contributed by atoms with van der Waals surface area (Å²) >= 11 is 5.84. The highest BCUT2D eigenvalue weighted by atomic mass is 35.5. The van der Waals surface area contributed by atoms with Crippen molar-refractivity contribution in [3.8, 4) is 0 Å². The van der Waals surface area contributed by atoms with E-state index in [1.807, 2.05) is 18.2 Å². The van der Waals surface area contributed by atoms with E-state index in [4.69, 9.17) is 11.6 Å². The van der Waals surface area contributed by atoms with Crippen LogP contribution in [0.4, 0.5) is 0 Å². The van der Waals surface area contributed by atoms with Gasteiger partial charge in [0.2, 0.25) is 0 Å². The molecule has 0 aromatic heterocycles. The first-order chi connectivity index (χ1) is 8.34. The molecule has 2 aromatic rings. The highest BCUT2D eigenvalue weighted by Crippen LogP contribution is 2.11. The van der Waals surface area contributed by atoms with Crippen LogP contribution in [0.2, 0.25) is 5.02 Å². The van der Waals surface area contributed by atoms with E-state index in [1.54, 1.807) is 0 Å². The van der Waals surface area contributed by atoms with E-state index in [9.17, 15) is 0 Å². The minimum absolute atomic E-state index is 0.800. The van der Waals surface area contributed by atoms with Gasteiger partial charge in [-0.3, -0.25) is 0 Å². The van der Waals surface area contributed by atoms with Gasteiger partial charge < -0.3 is 0 Å². The van der Waals surface area contributed by atoms with Gasteiger partial charge in [0.25, 0.3) is 0 Å². The second-order valence-corrected chi connectivity index (χ2v) is 4.41. The molecular weight excluding hydrogens is 228 g/mol. The molecule has 86 valence electrons. The standard InChI is InChI=1S/C16H15Cl/c17-16-12-10-15(11-13-16)9-5-4-8-14-6-2-1-3-7-14/h1-4,6-8,10-13H,5,9H2/b8-4+. The van der Waals surface area contributed by atoms with Gasteiger partial charge in [-0.15, -0.1) is 0 Å². The quantitative estimate of drug-likeness (QED) is 0.709. The Kier molecular flexibility index (Phi) is 4.40. The minimum Gasteiger partial charge on any atom is -0.0843 e. The number of halogens is 1. The average molecular weight is 243 g/mol. The Bertz CT molecular complexity index is 469. The smallest absolute Gasteiger partial charge is 0.0406 e. The number of rotatable bonds is 4. The lowest BCUT2D eigenvalue weighted by atomic mass is 10.1. The molecule has 0 spiro atoms. The number of allylic oxidation sites excluding steroid dienone is 1. The van der Waals surface area contributed by atoms with E-state index >= 15 is 0 Å². The first kappa shape index (κ1) is 11.9. The predicted octanol–water partition coefficient (Wildman–Crippen LogP) is 4.99. The fourth-order valence-electron chi connectivity index (χ4n) is 1.68. The molecule has 1 heteroatoms. The van der Waals surface area contributed by atoms with Gasteiger partial charge in [-0.05, 0) is 36.1 Å². The lowest BCUT2D eigenvalue weighted by Crippen LogP contribution is -1.81. The minimum atomic E-state index is 0.800. The molecular formula is C16H15Cl. The molecule has 0 amide bonds. The first-order valence-corrected chi connectivity index (χ1v) is 6.18. The van der Waals surface area contributed by atoms with Crippen molar-refractivity contribution in [3.05, 3.63) is 76.8 Å². The zero-order valence-electron chi connectivity index (χ0n) is 9.64. The van der Waals surface area contributed by atoms with Crippen LogP contribution in [0.25, 0.3) is 6.08 Å². The highest BCUT2D eigenvalue weighted by molar-refractivity contribution is 6.30. The summed E-state index contributed by atoms with van der Waals surface area (Å²) in [7, 11) is 0. The number of benzene rings is 2. The van der Waals surface area contributed by atoms with Crippen LogP contribution in [-0.4, -0.2) is 0 Å². The van der Waals surface area contributed by atoms with E-state index in [2.05, 4.69) is 48.6 Å². The van der Waals surface area contributed by atoms with E-state index in [1.165, 1.54) is 11.1 Å². The Hall–Kier alpha value is -1.53. The van der Waals surface area contributed by atoms with Crippen molar-refractivity contribution in [2.45, 2.75) is 12.8 Å². The normalized spacial score (nSPS) is 10.9. The Balaban J connectivity index is 1.84. The second kappa shape index (κ2) is 6.27. The summed E-state index contributed by atoms with van der Waals surface area (Å²) in [6.07, 6.45) is 6.48. The Labute approximate surface area is 108 Å². The summed E-state index contributed by atoms with van der Waals surface area (Å²) in [6.45, 7) is 0. The zero-order chi connectivity index (χ0) is 11.9. The third kappa shape index (κ3) is 4.08. The molecule has 0 saturated carbocycles. The third-order valence-corrected chi connectivity index (χ3v) is 2.87. The van der Waals surface area contributed by atoms with Crippen LogP contribution < -0.4 is 0 Å². The van der Waals surface area contributed by atoms with Crippen molar-refractivity contribution < 1.29 is 0 Å². The van der Waals surface area contributed by atoms with Crippen molar-refractivity contribution in [1.82, 2.24) is 0 Å². The van der Waals surface area contributed by atoms with Gasteiger partial charge in [0.15, 0.2) is 0 Å². The molecule has 17 heavy (non-hydrogen) atoms. The SMILES string of the molecule is Clc1ccc(CC/C=C/c2ccccc2)cc1. The average Bonchev–Trinajstić information content (AvgIpc) is 2.38. The highest BCUT2D eigenvalue weighted by Gasteiger charge is 1.91. The maximum Gasteiger partial charge on any atom is 0.0406 e. The van der Waals surface area contributed by atoms with E-state index in [-0.39, 0.29) is 0 Å². The molecule has 0 atom stereocenters. The van der Waals surface area contributed by atoms with Crippen LogP contribution in [0.5, 0.6) is 0 Å². The van der Waals surface area contributed by atoms with Gasteiger partial charge >= 0.3 is 0 Å². The van der Waals surface area contributed by atoms with Crippen molar-refractivity contribution in [3.63, 3.8) is 0 Å². The van der Waals surface area contributed by atoms with Crippen molar-refractivity contribution in [2.75, 3.05) is 0 Å². The molecule has 0 bridgehead atoms. The predicted molar refractivity (Wildman–Crippen MR) is 75.2 cm³/mol. The van der Waals surface area contributed by atoms with Crippen LogP contribution in [-0.2, 0) is 6.42 Å². The lowest BCUT2D eigenvalue weighted by Gasteiger charge is -1.98. The Morgan fingerprint density at radius 3 is 2.29 bits per heavy atom. The maximum absolute atomic E-state index is 5.84. The number of aryl methyl sites for hydroxylation is 1.